The van der Waals surface area contributed by atoms with Gasteiger partial charge < -0.3 is 9.13 Å². The number of hydrogen-bond acceptors (Lipinski definition) is 4. The summed E-state index contributed by atoms with van der Waals surface area (Å²) in [4.78, 5) is 16.8. The first-order chi connectivity index (χ1) is 34.5. The van der Waals surface area contributed by atoms with Crippen LogP contribution < -0.4 is 10.4 Å². The maximum atomic E-state index is 5.64. The molecule has 14 aromatic rings. The van der Waals surface area contributed by atoms with Gasteiger partial charge >= 0.3 is 0 Å². The molecule has 15 rings (SSSR count). The van der Waals surface area contributed by atoms with Crippen LogP contribution in [0.5, 0.6) is 0 Å². The summed E-state index contributed by atoms with van der Waals surface area (Å²) in [6.45, 7) is 5.06. The average molecular weight is 928 g/mol. The van der Waals surface area contributed by atoms with Crippen LogP contribution in [-0.2, 0) is 0 Å². The highest BCUT2D eigenvalue weighted by molar-refractivity contribution is 7.26. The normalized spacial score (nSPS) is 13.1. The first-order valence-electron chi connectivity index (χ1n) is 23.9. The van der Waals surface area contributed by atoms with Gasteiger partial charge in [-0.2, -0.15) is 0 Å². The summed E-state index contributed by atoms with van der Waals surface area (Å²) >= 11 is 1.80. The van der Waals surface area contributed by atoms with Crippen LogP contribution in [0.3, 0.4) is 0 Å². The third-order valence-electron chi connectivity index (χ3n) is 14.9. The topological polar surface area (TPSA) is 48.5 Å². The average Bonchev–Trinajstić information content (AvgIpc) is 4.13. The van der Waals surface area contributed by atoms with Crippen molar-refractivity contribution in [2.75, 3.05) is 0 Å². The highest BCUT2D eigenvalue weighted by Gasteiger charge is 2.40. The molecule has 328 valence electrons. The molecule has 0 fully saturated rings. The number of thiophene rings is 1. The number of fused-ring (bicyclic) bond motifs is 15. The van der Waals surface area contributed by atoms with Gasteiger partial charge in [0.15, 0.2) is 17.5 Å². The third-order valence-corrected chi connectivity index (χ3v) is 19.7. The zero-order valence-electron chi connectivity index (χ0n) is 38.4. The van der Waals surface area contributed by atoms with Gasteiger partial charge in [0.25, 0.3) is 0 Å². The molecule has 0 amide bonds. The van der Waals surface area contributed by atoms with Crippen molar-refractivity contribution in [3.63, 3.8) is 0 Å². The van der Waals surface area contributed by atoms with Crippen LogP contribution in [-0.4, -0.2) is 32.2 Å². The zero-order valence-corrected chi connectivity index (χ0v) is 40.2. The van der Waals surface area contributed by atoms with Crippen molar-refractivity contribution in [3.05, 3.63) is 212 Å². The Labute approximate surface area is 408 Å². The van der Waals surface area contributed by atoms with Crippen molar-refractivity contribution >= 4 is 104 Å². The largest absolute Gasteiger partial charge is 0.309 e. The number of para-hydroxylation sites is 4. The monoisotopic (exact) mass is 927 g/mol. The van der Waals surface area contributed by atoms with E-state index in [4.69, 9.17) is 15.0 Å². The number of rotatable bonds is 5. The lowest BCUT2D eigenvalue weighted by molar-refractivity contribution is 1.08. The number of nitrogens with zero attached hydrogens (tertiary/aromatic N) is 5. The predicted molar refractivity (Wildman–Crippen MR) is 297 cm³/mol. The van der Waals surface area contributed by atoms with Gasteiger partial charge in [-0.25, -0.2) is 15.0 Å². The number of aromatic nitrogens is 5. The van der Waals surface area contributed by atoms with E-state index >= 15 is 0 Å². The van der Waals surface area contributed by atoms with Crippen molar-refractivity contribution < 1.29 is 0 Å². The summed E-state index contributed by atoms with van der Waals surface area (Å²) < 4.78 is 7.21. The van der Waals surface area contributed by atoms with E-state index in [1.807, 2.05) is 0 Å². The summed E-state index contributed by atoms with van der Waals surface area (Å²) in [7, 11) is -2.25. The minimum absolute atomic E-state index is 0.636. The first-order valence-corrected chi connectivity index (χ1v) is 27.8. The molecular weight excluding hydrogens is 887 g/mol. The highest BCUT2D eigenvalue weighted by Crippen LogP contribution is 2.45. The van der Waals surface area contributed by atoms with Crippen molar-refractivity contribution in [1.29, 1.82) is 0 Å². The second kappa shape index (κ2) is 14.8. The Bertz CT molecular complexity index is 4510. The Morgan fingerprint density at radius 1 is 0.371 bits per heavy atom. The van der Waals surface area contributed by atoms with E-state index in [0.29, 0.717) is 17.5 Å². The summed E-state index contributed by atoms with van der Waals surface area (Å²) in [5, 5.41) is 12.7. The summed E-state index contributed by atoms with van der Waals surface area (Å²) in [5.74, 6) is 1.94. The van der Waals surface area contributed by atoms with Gasteiger partial charge in [-0.15, -0.1) is 11.3 Å². The number of benzene rings is 10. The molecular formula is C63H41N5SSi. The van der Waals surface area contributed by atoms with E-state index in [1.165, 1.54) is 68.7 Å². The molecule has 10 aromatic carbocycles. The molecule has 0 radical (unpaired) electrons. The SMILES string of the molecule is C[Si]1(C)c2ccccc2-c2ccc3c(-c4nc(-c5ccc6c(c5)c5ccccc5n6-c5ccccc5)nc(-c5cccc6c5sc5ccccc56)n4)cc4c(c5ccccc5n4-c4ccccc4)c3c21. The molecule has 0 saturated carbocycles. The highest BCUT2D eigenvalue weighted by atomic mass is 32.1. The van der Waals surface area contributed by atoms with Crippen LogP contribution in [0.4, 0.5) is 0 Å². The lowest BCUT2D eigenvalue weighted by atomic mass is 9.94. The zero-order chi connectivity index (χ0) is 46.2. The Morgan fingerprint density at radius 3 is 1.74 bits per heavy atom. The lowest BCUT2D eigenvalue weighted by Gasteiger charge is -2.22. The fourth-order valence-corrected chi connectivity index (χ4v) is 16.6. The molecule has 70 heavy (non-hydrogen) atoms. The van der Waals surface area contributed by atoms with Crippen molar-refractivity contribution in [2.24, 2.45) is 0 Å². The smallest absolute Gasteiger partial charge is 0.165 e. The molecule has 0 N–H and O–H groups in total. The van der Waals surface area contributed by atoms with Gasteiger partial charge in [0, 0.05) is 69.8 Å². The first kappa shape index (κ1) is 39.5. The van der Waals surface area contributed by atoms with Gasteiger partial charge in [0.1, 0.15) is 8.07 Å². The molecule has 0 unspecified atom stereocenters. The molecule has 0 saturated heterocycles. The molecule has 1 aliphatic rings. The van der Waals surface area contributed by atoms with Gasteiger partial charge in [-0.05, 0) is 105 Å². The van der Waals surface area contributed by atoms with E-state index in [-0.39, 0.29) is 0 Å². The van der Waals surface area contributed by atoms with Crippen LogP contribution >= 0.6 is 11.3 Å². The minimum Gasteiger partial charge on any atom is -0.309 e. The maximum Gasteiger partial charge on any atom is 0.165 e. The molecule has 1 aliphatic heterocycles. The molecule has 5 heterocycles. The van der Waals surface area contributed by atoms with Crippen molar-refractivity contribution in [1.82, 2.24) is 24.1 Å². The lowest BCUT2D eigenvalue weighted by Crippen LogP contribution is -2.49. The second-order valence-electron chi connectivity index (χ2n) is 19.1. The van der Waals surface area contributed by atoms with Crippen LogP contribution in [0.1, 0.15) is 0 Å². The fourth-order valence-electron chi connectivity index (χ4n) is 11.9. The van der Waals surface area contributed by atoms with Gasteiger partial charge in [-0.1, -0.05) is 153 Å². The minimum atomic E-state index is -2.25. The van der Waals surface area contributed by atoms with Gasteiger partial charge in [-0.3, -0.25) is 0 Å². The Hall–Kier alpha value is -8.49. The fraction of sp³-hybridized carbons (Fsp3) is 0.0317. The second-order valence-corrected chi connectivity index (χ2v) is 24.4. The molecule has 0 bridgehead atoms. The van der Waals surface area contributed by atoms with E-state index in [2.05, 4.69) is 235 Å². The third kappa shape index (κ3) is 5.55. The molecule has 0 aliphatic carbocycles. The van der Waals surface area contributed by atoms with E-state index < -0.39 is 8.07 Å². The van der Waals surface area contributed by atoms with Crippen molar-refractivity contribution in [2.45, 2.75) is 13.1 Å². The number of hydrogen-bond donors (Lipinski definition) is 0. The molecule has 4 aromatic heterocycles. The van der Waals surface area contributed by atoms with E-state index in [0.717, 1.165) is 55.4 Å². The summed E-state index contributed by atoms with van der Waals surface area (Å²) in [6.07, 6.45) is 0. The summed E-state index contributed by atoms with van der Waals surface area (Å²) in [5.41, 5.74) is 12.4. The van der Waals surface area contributed by atoms with Crippen LogP contribution in [0, 0.1) is 0 Å². The molecule has 0 atom stereocenters. The van der Waals surface area contributed by atoms with Crippen LogP contribution in [0.2, 0.25) is 13.1 Å². The Balaban J connectivity index is 1.07. The van der Waals surface area contributed by atoms with E-state index in [9.17, 15) is 0 Å². The Morgan fingerprint density at radius 2 is 0.957 bits per heavy atom. The molecule has 5 nitrogen and oxygen atoms in total. The van der Waals surface area contributed by atoms with Crippen LogP contribution in [0.15, 0.2) is 212 Å². The van der Waals surface area contributed by atoms with E-state index in [1.54, 1.807) is 11.3 Å². The molecule has 7 heteroatoms. The quantitative estimate of drug-likeness (QED) is 0.162. The Kier molecular flexibility index (Phi) is 8.32. The van der Waals surface area contributed by atoms with Crippen molar-refractivity contribution in [3.8, 4) is 56.7 Å². The van der Waals surface area contributed by atoms with Gasteiger partial charge in [0.05, 0.1) is 22.1 Å². The van der Waals surface area contributed by atoms with Crippen LogP contribution in [0.25, 0.3) is 131 Å². The predicted octanol–water partition coefficient (Wildman–Crippen LogP) is 15.4. The standard InChI is InChI=1S/C63H41N5SSi/c1-70(2)56-31-16-12-24-43(56)46-34-33-44-50(37-54-57(58(44)60(46)70)47-25-10-14-29-52(47)68(54)40-20-7-4-8-21-40)63-65-61(64-62(66-63)48-27-17-26-45-42-23-11-15-30-55(42)69-59(45)48)38-32-35-53-49(36-38)41-22-9-13-28-51(41)67(53)39-18-5-3-6-19-39/h3-37H,1-2H3. The molecule has 0 spiro atoms. The van der Waals surface area contributed by atoms with Gasteiger partial charge in [0.2, 0.25) is 0 Å². The maximum absolute atomic E-state index is 5.64. The summed E-state index contributed by atoms with van der Waals surface area (Å²) in [6, 6.07) is 77.2.